The summed E-state index contributed by atoms with van der Waals surface area (Å²) in [6.07, 6.45) is 2.20. The van der Waals surface area contributed by atoms with Crippen LogP contribution in [0, 0.1) is 0 Å². The summed E-state index contributed by atoms with van der Waals surface area (Å²) in [6, 6.07) is 6.09. The molecule has 1 N–H and O–H groups in total. The number of hydrogen-bond donors (Lipinski definition) is 1. The van der Waals surface area contributed by atoms with Crippen molar-refractivity contribution in [2.75, 3.05) is 19.7 Å². The number of nitrogens with one attached hydrogen (secondary N) is 1. The van der Waals surface area contributed by atoms with Crippen molar-refractivity contribution in [1.29, 1.82) is 0 Å². The third kappa shape index (κ3) is 3.24. The van der Waals surface area contributed by atoms with E-state index in [-0.39, 0.29) is 12.4 Å². The Labute approximate surface area is 111 Å². The third-order valence-electron chi connectivity index (χ3n) is 2.35. The predicted octanol–water partition coefficient (Wildman–Crippen LogP) is 3.26. The quantitative estimate of drug-likeness (QED) is 0.925. The maximum atomic E-state index is 5.66. The summed E-state index contributed by atoms with van der Waals surface area (Å²) >= 11 is 3.46. The first-order chi connectivity index (χ1) is 7.29. The molecule has 0 saturated carbocycles. The lowest BCUT2D eigenvalue weighted by molar-refractivity contribution is 0.343. The fourth-order valence-electron chi connectivity index (χ4n) is 1.58. The van der Waals surface area contributed by atoms with Gasteiger partial charge in [-0.15, -0.1) is 12.4 Å². The Hall–Kier alpha value is -0.510. The van der Waals surface area contributed by atoms with Crippen LogP contribution in [0.15, 0.2) is 28.2 Å². The molecule has 0 aromatic heterocycles. The summed E-state index contributed by atoms with van der Waals surface area (Å²) in [5, 5.41) is 3.30. The van der Waals surface area contributed by atoms with Crippen molar-refractivity contribution in [1.82, 2.24) is 5.32 Å². The molecule has 0 fully saturated rings. The second kappa shape index (κ2) is 6.28. The Bertz CT molecular complexity index is 393. The number of benzene rings is 1. The molecule has 16 heavy (non-hydrogen) atoms. The highest BCUT2D eigenvalue weighted by Gasteiger charge is 2.10. The predicted molar refractivity (Wildman–Crippen MR) is 73.4 cm³/mol. The fraction of sp³-hybridized carbons (Fsp3) is 0.333. The van der Waals surface area contributed by atoms with Crippen LogP contribution in [0.25, 0.3) is 6.08 Å². The van der Waals surface area contributed by atoms with E-state index in [0.29, 0.717) is 6.61 Å². The van der Waals surface area contributed by atoms with E-state index < -0.39 is 0 Å². The summed E-state index contributed by atoms with van der Waals surface area (Å²) in [7, 11) is 0. The van der Waals surface area contributed by atoms with Crippen molar-refractivity contribution in [2.45, 2.75) is 6.92 Å². The number of halogens is 2. The second-order valence-corrected chi connectivity index (χ2v) is 4.47. The van der Waals surface area contributed by atoms with Crippen LogP contribution in [-0.2, 0) is 0 Å². The largest absolute Gasteiger partial charge is 0.489 e. The SMILES string of the molecule is CCNCC1=Cc2cc(Br)ccc2OC1.Cl. The Balaban J connectivity index is 0.00000128. The molecule has 0 spiro atoms. The van der Waals surface area contributed by atoms with E-state index in [1.807, 2.05) is 12.1 Å². The van der Waals surface area contributed by atoms with Gasteiger partial charge in [0.2, 0.25) is 0 Å². The van der Waals surface area contributed by atoms with E-state index in [1.54, 1.807) is 0 Å². The van der Waals surface area contributed by atoms with Gasteiger partial charge >= 0.3 is 0 Å². The van der Waals surface area contributed by atoms with Crippen molar-refractivity contribution in [3.05, 3.63) is 33.8 Å². The normalized spacial score (nSPS) is 13.2. The van der Waals surface area contributed by atoms with Crippen LogP contribution in [0.2, 0.25) is 0 Å². The van der Waals surface area contributed by atoms with Crippen LogP contribution in [-0.4, -0.2) is 19.7 Å². The van der Waals surface area contributed by atoms with E-state index in [1.165, 1.54) is 5.57 Å². The van der Waals surface area contributed by atoms with E-state index in [2.05, 4.69) is 40.3 Å². The highest BCUT2D eigenvalue weighted by molar-refractivity contribution is 9.10. The maximum absolute atomic E-state index is 5.66. The zero-order chi connectivity index (χ0) is 10.7. The molecule has 0 unspecified atom stereocenters. The second-order valence-electron chi connectivity index (χ2n) is 3.55. The first kappa shape index (κ1) is 13.6. The summed E-state index contributed by atoms with van der Waals surface area (Å²) < 4.78 is 6.75. The molecule has 2 rings (SSSR count). The lowest BCUT2D eigenvalue weighted by atomic mass is 10.1. The van der Waals surface area contributed by atoms with Crippen LogP contribution in [0.3, 0.4) is 0 Å². The Morgan fingerprint density at radius 1 is 1.44 bits per heavy atom. The summed E-state index contributed by atoms with van der Waals surface area (Å²) in [5.41, 5.74) is 2.45. The van der Waals surface area contributed by atoms with Gasteiger partial charge in [0.05, 0.1) is 0 Å². The molecule has 1 aromatic carbocycles. The molecule has 2 nitrogen and oxygen atoms in total. The van der Waals surface area contributed by atoms with Gasteiger partial charge in [0, 0.05) is 16.6 Å². The van der Waals surface area contributed by atoms with Crippen molar-refractivity contribution in [2.24, 2.45) is 0 Å². The smallest absolute Gasteiger partial charge is 0.127 e. The standard InChI is InChI=1S/C12H14BrNO.ClH/c1-2-14-7-9-5-10-6-11(13)3-4-12(10)15-8-9;/h3-6,14H,2,7-8H2,1H3;1H. The van der Waals surface area contributed by atoms with Crippen molar-refractivity contribution >= 4 is 34.4 Å². The van der Waals surface area contributed by atoms with Gasteiger partial charge in [-0.25, -0.2) is 0 Å². The molecule has 4 heteroatoms. The maximum Gasteiger partial charge on any atom is 0.127 e. The highest BCUT2D eigenvalue weighted by Crippen LogP contribution is 2.28. The molecule has 0 radical (unpaired) electrons. The minimum atomic E-state index is 0. The molecule has 1 aromatic rings. The number of hydrogen-bond acceptors (Lipinski definition) is 2. The summed E-state index contributed by atoms with van der Waals surface area (Å²) in [4.78, 5) is 0. The van der Waals surface area contributed by atoms with Crippen LogP contribution in [0.1, 0.15) is 12.5 Å². The minimum absolute atomic E-state index is 0. The van der Waals surface area contributed by atoms with Crippen LogP contribution in [0.5, 0.6) is 5.75 Å². The van der Waals surface area contributed by atoms with Crippen molar-refractivity contribution in [3.63, 3.8) is 0 Å². The Morgan fingerprint density at radius 2 is 2.25 bits per heavy atom. The van der Waals surface area contributed by atoms with E-state index in [4.69, 9.17) is 4.74 Å². The van der Waals surface area contributed by atoms with E-state index >= 15 is 0 Å². The van der Waals surface area contributed by atoms with Crippen LogP contribution >= 0.6 is 28.3 Å². The molecule has 0 saturated heterocycles. The molecular formula is C12H15BrClNO. The van der Waals surface area contributed by atoms with Crippen molar-refractivity contribution < 1.29 is 4.74 Å². The summed E-state index contributed by atoms with van der Waals surface area (Å²) in [6.45, 7) is 4.70. The zero-order valence-corrected chi connectivity index (χ0v) is 11.5. The molecule has 1 aliphatic rings. The first-order valence-electron chi connectivity index (χ1n) is 5.12. The monoisotopic (exact) mass is 303 g/mol. The minimum Gasteiger partial charge on any atom is -0.489 e. The van der Waals surface area contributed by atoms with Gasteiger partial charge in [-0.3, -0.25) is 0 Å². The molecule has 0 bridgehead atoms. The lowest BCUT2D eigenvalue weighted by Gasteiger charge is -2.18. The van der Waals surface area contributed by atoms with Gasteiger partial charge in [0.15, 0.2) is 0 Å². The van der Waals surface area contributed by atoms with Crippen LogP contribution in [0.4, 0.5) is 0 Å². The molecular weight excluding hydrogens is 289 g/mol. The van der Waals surface area contributed by atoms with Gasteiger partial charge in [-0.05, 0) is 36.4 Å². The molecule has 1 heterocycles. The average molecular weight is 305 g/mol. The van der Waals surface area contributed by atoms with Gasteiger partial charge in [-0.1, -0.05) is 22.9 Å². The number of fused-ring (bicyclic) bond motifs is 1. The van der Waals surface area contributed by atoms with Gasteiger partial charge in [-0.2, -0.15) is 0 Å². The highest BCUT2D eigenvalue weighted by atomic mass is 79.9. The zero-order valence-electron chi connectivity index (χ0n) is 9.13. The number of rotatable bonds is 3. The topological polar surface area (TPSA) is 21.3 Å². The van der Waals surface area contributed by atoms with Crippen molar-refractivity contribution in [3.8, 4) is 5.75 Å². The molecule has 0 atom stereocenters. The number of likely N-dealkylation sites (N-methyl/N-ethyl adjacent to an activating group) is 1. The molecule has 1 aliphatic heterocycles. The van der Waals surface area contributed by atoms with Gasteiger partial charge < -0.3 is 10.1 Å². The van der Waals surface area contributed by atoms with Gasteiger partial charge in [0.25, 0.3) is 0 Å². The first-order valence-corrected chi connectivity index (χ1v) is 5.91. The van der Waals surface area contributed by atoms with E-state index in [9.17, 15) is 0 Å². The molecule has 88 valence electrons. The lowest BCUT2D eigenvalue weighted by Crippen LogP contribution is -2.21. The van der Waals surface area contributed by atoms with Gasteiger partial charge in [0.1, 0.15) is 12.4 Å². The Morgan fingerprint density at radius 3 is 3.00 bits per heavy atom. The third-order valence-corrected chi connectivity index (χ3v) is 2.84. The summed E-state index contributed by atoms with van der Waals surface area (Å²) in [5.74, 6) is 0.971. The number of ether oxygens (including phenoxy) is 1. The molecule has 0 aliphatic carbocycles. The Kier molecular flexibility index (Phi) is 5.32. The van der Waals surface area contributed by atoms with E-state index in [0.717, 1.165) is 28.9 Å². The molecule has 0 amide bonds. The average Bonchev–Trinajstić information content (AvgIpc) is 2.25. The fourth-order valence-corrected chi connectivity index (χ4v) is 1.96. The van der Waals surface area contributed by atoms with Crippen LogP contribution < -0.4 is 10.1 Å².